The second-order valence-corrected chi connectivity index (χ2v) is 4.31. The first-order chi connectivity index (χ1) is 6.38. The van der Waals surface area contributed by atoms with Crippen LogP contribution in [-0.4, -0.2) is 23.3 Å². The molecular formula is C10H16N2O2. The smallest absolute Gasteiger partial charge is 0.358 e. The van der Waals surface area contributed by atoms with Crippen molar-refractivity contribution < 1.29 is 9.53 Å². The van der Waals surface area contributed by atoms with Crippen molar-refractivity contribution in [2.24, 2.45) is 0 Å². The number of hydrogen-bond donors (Lipinski definition) is 1. The van der Waals surface area contributed by atoms with Gasteiger partial charge in [-0.3, -0.25) is 5.10 Å². The van der Waals surface area contributed by atoms with E-state index in [9.17, 15) is 4.79 Å². The monoisotopic (exact) mass is 196 g/mol. The van der Waals surface area contributed by atoms with Gasteiger partial charge in [-0.1, -0.05) is 20.8 Å². The summed E-state index contributed by atoms with van der Waals surface area (Å²) in [6, 6.07) is 0. The van der Waals surface area contributed by atoms with Crippen molar-refractivity contribution in [2.75, 3.05) is 7.11 Å². The molecule has 0 saturated heterocycles. The standard InChI is InChI=1S/C10H16N2O2/c1-6-7(10(2,3)4)8(12-11-6)9(13)14-5/h1-5H3,(H,11,12). The molecule has 1 aromatic rings. The Labute approximate surface area is 83.7 Å². The molecule has 0 amide bonds. The van der Waals surface area contributed by atoms with Crippen molar-refractivity contribution in [1.82, 2.24) is 10.2 Å². The van der Waals surface area contributed by atoms with E-state index in [1.807, 2.05) is 27.7 Å². The Balaban J connectivity index is 3.27. The van der Waals surface area contributed by atoms with E-state index in [0.717, 1.165) is 11.3 Å². The number of esters is 1. The number of methoxy groups -OCH3 is 1. The quantitative estimate of drug-likeness (QED) is 0.697. The lowest BCUT2D eigenvalue weighted by atomic mass is 9.85. The van der Waals surface area contributed by atoms with Gasteiger partial charge in [-0.15, -0.1) is 0 Å². The van der Waals surface area contributed by atoms with Crippen LogP contribution < -0.4 is 0 Å². The SMILES string of the molecule is COC(=O)c1n[nH]c(C)c1C(C)(C)C. The van der Waals surface area contributed by atoms with E-state index in [4.69, 9.17) is 0 Å². The van der Waals surface area contributed by atoms with Gasteiger partial charge >= 0.3 is 5.97 Å². The average molecular weight is 196 g/mol. The highest BCUT2D eigenvalue weighted by Gasteiger charge is 2.27. The maximum atomic E-state index is 11.4. The molecule has 0 aliphatic carbocycles. The zero-order valence-corrected chi connectivity index (χ0v) is 9.26. The summed E-state index contributed by atoms with van der Waals surface area (Å²) in [5.74, 6) is -0.390. The molecule has 0 aromatic carbocycles. The van der Waals surface area contributed by atoms with Gasteiger partial charge in [0, 0.05) is 11.3 Å². The van der Waals surface area contributed by atoms with Crippen LogP contribution in [0.15, 0.2) is 0 Å². The second kappa shape index (κ2) is 3.44. The Kier molecular flexibility index (Phi) is 2.64. The van der Waals surface area contributed by atoms with Gasteiger partial charge in [0.15, 0.2) is 5.69 Å². The molecule has 14 heavy (non-hydrogen) atoms. The maximum Gasteiger partial charge on any atom is 0.358 e. The molecule has 0 saturated carbocycles. The second-order valence-electron chi connectivity index (χ2n) is 4.31. The van der Waals surface area contributed by atoms with Gasteiger partial charge in [0.05, 0.1) is 7.11 Å². The Morgan fingerprint density at radius 2 is 2.00 bits per heavy atom. The van der Waals surface area contributed by atoms with Crippen LogP contribution in [0.4, 0.5) is 0 Å². The molecule has 0 aliphatic heterocycles. The summed E-state index contributed by atoms with van der Waals surface area (Å²) in [6.07, 6.45) is 0. The Hall–Kier alpha value is -1.32. The normalized spacial score (nSPS) is 11.5. The van der Waals surface area contributed by atoms with Crippen LogP contribution in [0.25, 0.3) is 0 Å². The predicted octanol–water partition coefficient (Wildman–Crippen LogP) is 1.80. The van der Waals surface area contributed by atoms with Gasteiger partial charge in [-0.2, -0.15) is 5.10 Å². The summed E-state index contributed by atoms with van der Waals surface area (Å²) in [5.41, 5.74) is 2.11. The van der Waals surface area contributed by atoms with Crippen LogP contribution >= 0.6 is 0 Å². The lowest BCUT2D eigenvalue weighted by Crippen LogP contribution is -2.17. The van der Waals surface area contributed by atoms with Crippen molar-refractivity contribution in [3.05, 3.63) is 17.0 Å². The fourth-order valence-corrected chi connectivity index (χ4v) is 1.59. The summed E-state index contributed by atoms with van der Waals surface area (Å²) < 4.78 is 4.66. The van der Waals surface area contributed by atoms with Crippen LogP contribution in [0.2, 0.25) is 0 Å². The number of hydrogen-bond acceptors (Lipinski definition) is 3. The third kappa shape index (κ3) is 1.78. The van der Waals surface area contributed by atoms with E-state index in [2.05, 4.69) is 14.9 Å². The van der Waals surface area contributed by atoms with Gasteiger partial charge in [0.25, 0.3) is 0 Å². The number of aromatic amines is 1. The van der Waals surface area contributed by atoms with E-state index >= 15 is 0 Å². The lowest BCUT2D eigenvalue weighted by Gasteiger charge is -2.18. The minimum atomic E-state index is -0.390. The number of nitrogens with one attached hydrogen (secondary N) is 1. The molecule has 0 spiro atoms. The molecule has 0 atom stereocenters. The third-order valence-electron chi connectivity index (χ3n) is 2.08. The van der Waals surface area contributed by atoms with Gasteiger partial charge in [0.2, 0.25) is 0 Å². The highest BCUT2D eigenvalue weighted by Crippen LogP contribution is 2.27. The molecule has 0 unspecified atom stereocenters. The van der Waals surface area contributed by atoms with E-state index < -0.39 is 0 Å². The first-order valence-electron chi connectivity index (χ1n) is 4.51. The number of carbonyl (C=O) groups is 1. The number of aromatic nitrogens is 2. The average Bonchev–Trinajstić information content (AvgIpc) is 2.44. The maximum absolute atomic E-state index is 11.4. The minimum absolute atomic E-state index is 0.111. The van der Waals surface area contributed by atoms with E-state index in [1.165, 1.54) is 7.11 Å². The first-order valence-corrected chi connectivity index (χ1v) is 4.51. The molecule has 78 valence electrons. The highest BCUT2D eigenvalue weighted by atomic mass is 16.5. The number of H-pyrrole nitrogens is 1. The zero-order valence-electron chi connectivity index (χ0n) is 9.26. The van der Waals surface area contributed by atoms with Crippen molar-refractivity contribution in [3.63, 3.8) is 0 Å². The van der Waals surface area contributed by atoms with Crippen molar-refractivity contribution >= 4 is 5.97 Å². The van der Waals surface area contributed by atoms with Crippen LogP contribution in [0.1, 0.15) is 42.5 Å². The van der Waals surface area contributed by atoms with E-state index in [1.54, 1.807) is 0 Å². The molecule has 4 heteroatoms. The van der Waals surface area contributed by atoms with Gasteiger partial charge in [-0.25, -0.2) is 4.79 Å². The van der Waals surface area contributed by atoms with Crippen molar-refractivity contribution in [2.45, 2.75) is 33.1 Å². The van der Waals surface area contributed by atoms with Crippen molar-refractivity contribution in [3.8, 4) is 0 Å². The van der Waals surface area contributed by atoms with Crippen LogP contribution in [0.5, 0.6) is 0 Å². The van der Waals surface area contributed by atoms with Crippen LogP contribution in [0, 0.1) is 6.92 Å². The van der Waals surface area contributed by atoms with Crippen molar-refractivity contribution in [1.29, 1.82) is 0 Å². The lowest BCUT2D eigenvalue weighted by molar-refractivity contribution is 0.0591. The number of ether oxygens (including phenoxy) is 1. The van der Waals surface area contributed by atoms with Crippen LogP contribution in [-0.2, 0) is 10.2 Å². The first kappa shape index (κ1) is 10.8. The summed E-state index contributed by atoms with van der Waals surface area (Å²) in [4.78, 5) is 11.4. The Bertz CT molecular complexity index is 347. The molecular weight excluding hydrogens is 180 g/mol. The predicted molar refractivity (Wildman–Crippen MR) is 53.4 cm³/mol. The van der Waals surface area contributed by atoms with E-state index in [0.29, 0.717) is 5.69 Å². The number of rotatable bonds is 1. The molecule has 1 aromatic heterocycles. The topological polar surface area (TPSA) is 55.0 Å². The number of aryl methyl sites for hydroxylation is 1. The fraction of sp³-hybridized carbons (Fsp3) is 0.600. The van der Waals surface area contributed by atoms with Gasteiger partial charge in [0.1, 0.15) is 0 Å². The Morgan fingerprint density at radius 3 is 2.43 bits per heavy atom. The van der Waals surface area contributed by atoms with Crippen LogP contribution in [0.3, 0.4) is 0 Å². The number of carbonyl (C=O) groups excluding carboxylic acids is 1. The summed E-state index contributed by atoms with van der Waals surface area (Å²) in [6.45, 7) is 8.02. The summed E-state index contributed by atoms with van der Waals surface area (Å²) >= 11 is 0. The molecule has 0 fully saturated rings. The number of nitrogens with zero attached hydrogens (tertiary/aromatic N) is 1. The molecule has 0 radical (unpaired) electrons. The van der Waals surface area contributed by atoms with Gasteiger partial charge in [-0.05, 0) is 12.3 Å². The molecule has 1 heterocycles. The molecule has 0 aliphatic rings. The zero-order chi connectivity index (χ0) is 10.9. The van der Waals surface area contributed by atoms with E-state index in [-0.39, 0.29) is 11.4 Å². The summed E-state index contributed by atoms with van der Waals surface area (Å²) in [7, 11) is 1.36. The Morgan fingerprint density at radius 1 is 1.43 bits per heavy atom. The highest BCUT2D eigenvalue weighted by molar-refractivity contribution is 5.89. The molecule has 4 nitrogen and oxygen atoms in total. The van der Waals surface area contributed by atoms with Gasteiger partial charge < -0.3 is 4.74 Å². The largest absolute Gasteiger partial charge is 0.464 e. The fourth-order valence-electron chi connectivity index (χ4n) is 1.59. The summed E-state index contributed by atoms with van der Waals surface area (Å²) in [5, 5.41) is 6.76. The molecule has 1 rings (SSSR count). The molecule has 0 bridgehead atoms. The molecule has 1 N–H and O–H groups in total. The minimum Gasteiger partial charge on any atom is -0.464 e. The third-order valence-corrected chi connectivity index (χ3v) is 2.08.